The van der Waals surface area contributed by atoms with Crippen LogP contribution < -0.4 is 16.0 Å². The Labute approximate surface area is 115 Å². The Morgan fingerprint density at radius 1 is 1.37 bits per heavy atom. The molecule has 2 amide bonds. The van der Waals surface area contributed by atoms with Crippen molar-refractivity contribution in [2.24, 2.45) is 5.73 Å². The van der Waals surface area contributed by atoms with Gasteiger partial charge in [-0.2, -0.15) is 0 Å². The van der Waals surface area contributed by atoms with E-state index in [-0.39, 0.29) is 12.1 Å². The molecule has 0 saturated heterocycles. The van der Waals surface area contributed by atoms with E-state index in [9.17, 15) is 4.79 Å². The van der Waals surface area contributed by atoms with Gasteiger partial charge in [-0.25, -0.2) is 4.79 Å². The second-order valence-corrected chi connectivity index (χ2v) is 5.41. The summed E-state index contributed by atoms with van der Waals surface area (Å²) in [6.07, 6.45) is 3.42. The van der Waals surface area contributed by atoms with Gasteiger partial charge in [0, 0.05) is 24.3 Å². The molecule has 3 N–H and O–H groups in total. The standard InChI is InChI=1S/C15H23N3O/c1-11(2)18(15(19)17-13-4-3-5-13)14-8-6-12(10-16)7-9-14/h6-9,11,13H,3-5,10,16H2,1-2H3,(H,17,19). The maximum atomic E-state index is 12.3. The number of anilines is 1. The summed E-state index contributed by atoms with van der Waals surface area (Å²) in [6, 6.07) is 8.36. The van der Waals surface area contributed by atoms with Crippen LogP contribution in [0.5, 0.6) is 0 Å². The molecule has 19 heavy (non-hydrogen) atoms. The highest BCUT2D eigenvalue weighted by Crippen LogP contribution is 2.21. The number of carbonyl (C=O) groups is 1. The van der Waals surface area contributed by atoms with Gasteiger partial charge in [-0.05, 0) is 50.8 Å². The number of urea groups is 1. The minimum Gasteiger partial charge on any atom is -0.335 e. The summed E-state index contributed by atoms with van der Waals surface area (Å²) in [4.78, 5) is 14.1. The van der Waals surface area contributed by atoms with Gasteiger partial charge in [-0.15, -0.1) is 0 Å². The Kier molecular flexibility index (Phi) is 4.43. The van der Waals surface area contributed by atoms with Crippen LogP contribution in [0.1, 0.15) is 38.7 Å². The molecule has 0 heterocycles. The van der Waals surface area contributed by atoms with E-state index in [1.165, 1.54) is 6.42 Å². The van der Waals surface area contributed by atoms with Gasteiger partial charge in [0.25, 0.3) is 0 Å². The third-order valence-corrected chi connectivity index (χ3v) is 3.62. The topological polar surface area (TPSA) is 58.4 Å². The van der Waals surface area contributed by atoms with Crippen molar-refractivity contribution in [2.75, 3.05) is 4.90 Å². The summed E-state index contributed by atoms with van der Waals surface area (Å²) in [5.41, 5.74) is 7.59. The Balaban J connectivity index is 2.10. The largest absolute Gasteiger partial charge is 0.335 e. The molecule has 4 nitrogen and oxygen atoms in total. The monoisotopic (exact) mass is 261 g/mol. The van der Waals surface area contributed by atoms with Gasteiger partial charge in [0.05, 0.1) is 0 Å². The van der Waals surface area contributed by atoms with Crippen molar-refractivity contribution in [3.63, 3.8) is 0 Å². The summed E-state index contributed by atoms with van der Waals surface area (Å²) in [5.74, 6) is 0. The van der Waals surface area contributed by atoms with E-state index in [1.807, 2.05) is 38.1 Å². The van der Waals surface area contributed by atoms with Crippen LogP contribution in [0.15, 0.2) is 24.3 Å². The zero-order valence-corrected chi connectivity index (χ0v) is 11.7. The summed E-state index contributed by atoms with van der Waals surface area (Å²) in [6.45, 7) is 4.57. The number of carbonyl (C=O) groups excluding carboxylic acids is 1. The lowest BCUT2D eigenvalue weighted by Gasteiger charge is -2.32. The first-order valence-corrected chi connectivity index (χ1v) is 7.00. The number of hydrogen-bond donors (Lipinski definition) is 2. The highest BCUT2D eigenvalue weighted by atomic mass is 16.2. The van der Waals surface area contributed by atoms with Gasteiger partial charge in [0.2, 0.25) is 0 Å². The SMILES string of the molecule is CC(C)N(C(=O)NC1CCC1)c1ccc(CN)cc1. The molecule has 1 aromatic carbocycles. The second-order valence-electron chi connectivity index (χ2n) is 5.41. The maximum absolute atomic E-state index is 12.3. The first-order valence-electron chi connectivity index (χ1n) is 7.00. The summed E-state index contributed by atoms with van der Waals surface area (Å²) in [5, 5.41) is 3.09. The normalized spacial score (nSPS) is 15.2. The summed E-state index contributed by atoms with van der Waals surface area (Å²) in [7, 11) is 0. The Morgan fingerprint density at radius 3 is 2.42 bits per heavy atom. The number of benzene rings is 1. The smallest absolute Gasteiger partial charge is 0.322 e. The minimum absolute atomic E-state index is 0.000184. The summed E-state index contributed by atoms with van der Waals surface area (Å²) < 4.78 is 0. The third kappa shape index (κ3) is 3.26. The molecule has 0 unspecified atom stereocenters. The fraction of sp³-hybridized carbons (Fsp3) is 0.533. The predicted octanol–water partition coefficient (Wildman–Crippen LogP) is 2.62. The van der Waals surface area contributed by atoms with Crippen molar-refractivity contribution in [3.05, 3.63) is 29.8 Å². The van der Waals surface area contributed by atoms with Gasteiger partial charge >= 0.3 is 6.03 Å². The second kappa shape index (κ2) is 6.06. The molecular weight excluding hydrogens is 238 g/mol. The quantitative estimate of drug-likeness (QED) is 0.875. The number of nitrogens with two attached hydrogens (primary N) is 1. The van der Waals surface area contributed by atoms with Gasteiger partial charge in [-0.3, -0.25) is 4.90 Å². The van der Waals surface area contributed by atoms with Crippen LogP contribution >= 0.6 is 0 Å². The molecule has 1 aromatic rings. The lowest BCUT2D eigenvalue weighted by molar-refractivity contribution is 0.232. The van der Waals surface area contributed by atoms with Crippen molar-refractivity contribution in [2.45, 2.75) is 51.7 Å². The molecule has 1 aliphatic rings. The molecule has 1 aliphatic carbocycles. The average Bonchev–Trinajstić information content (AvgIpc) is 2.34. The number of amides is 2. The lowest BCUT2D eigenvalue weighted by atomic mass is 9.93. The summed E-state index contributed by atoms with van der Waals surface area (Å²) >= 11 is 0. The van der Waals surface area contributed by atoms with E-state index in [4.69, 9.17) is 5.73 Å². The van der Waals surface area contributed by atoms with Crippen LogP contribution in [0.3, 0.4) is 0 Å². The molecule has 1 fully saturated rings. The highest BCUT2D eigenvalue weighted by molar-refractivity contribution is 5.92. The third-order valence-electron chi connectivity index (χ3n) is 3.62. The molecule has 0 bridgehead atoms. The first kappa shape index (κ1) is 13.9. The molecule has 0 atom stereocenters. The van der Waals surface area contributed by atoms with Crippen LogP contribution in [-0.2, 0) is 6.54 Å². The van der Waals surface area contributed by atoms with Crippen LogP contribution in [0, 0.1) is 0 Å². The average molecular weight is 261 g/mol. The van der Waals surface area contributed by atoms with E-state index < -0.39 is 0 Å². The van der Waals surface area contributed by atoms with Gasteiger partial charge in [0.15, 0.2) is 0 Å². The van der Waals surface area contributed by atoms with Gasteiger partial charge in [-0.1, -0.05) is 12.1 Å². The molecule has 4 heteroatoms. The van der Waals surface area contributed by atoms with Crippen molar-refractivity contribution in [1.82, 2.24) is 5.32 Å². The van der Waals surface area contributed by atoms with E-state index in [0.29, 0.717) is 12.6 Å². The highest BCUT2D eigenvalue weighted by Gasteiger charge is 2.24. The molecule has 104 valence electrons. The zero-order valence-electron chi connectivity index (χ0n) is 11.7. The van der Waals surface area contributed by atoms with Crippen molar-refractivity contribution < 1.29 is 4.79 Å². The fourth-order valence-electron chi connectivity index (χ4n) is 2.24. The zero-order chi connectivity index (χ0) is 13.8. The Bertz CT molecular complexity index is 424. The Morgan fingerprint density at radius 2 is 2.00 bits per heavy atom. The molecule has 0 aliphatic heterocycles. The van der Waals surface area contributed by atoms with Crippen LogP contribution in [0.25, 0.3) is 0 Å². The predicted molar refractivity (Wildman–Crippen MR) is 78.1 cm³/mol. The van der Waals surface area contributed by atoms with Crippen LogP contribution in [-0.4, -0.2) is 18.1 Å². The van der Waals surface area contributed by atoms with E-state index in [1.54, 1.807) is 4.90 Å². The minimum atomic E-state index is 0.000184. The van der Waals surface area contributed by atoms with Crippen molar-refractivity contribution >= 4 is 11.7 Å². The van der Waals surface area contributed by atoms with Crippen molar-refractivity contribution in [3.8, 4) is 0 Å². The van der Waals surface area contributed by atoms with Crippen LogP contribution in [0.4, 0.5) is 10.5 Å². The lowest BCUT2D eigenvalue weighted by Crippen LogP contribution is -2.49. The molecule has 0 aromatic heterocycles. The Hall–Kier alpha value is -1.55. The van der Waals surface area contributed by atoms with Gasteiger partial charge in [0.1, 0.15) is 0 Å². The molecule has 2 rings (SSSR count). The maximum Gasteiger partial charge on any atom is 0.322 e. The van der Waals surface area contributed by atoms with E-state index in [2.05, 4.69) is 5.32 Å². The van der Waals surface area contributed by atoms with E-state index in [0.717, 1.165) is 24.1 Å². The number of nitrogens with one attached hydrogen (secondary N) is 1. The molecular formula is C15H23N3O. The first-order chi connectivity index (χ1) is 9.11. The van der Waals surface area contributed by atoms with Gasteiger partial charge < -0.3 is 11.1 Å². The molecule has 1 saturated carbocycles. The number of hydrogen-bond acceptors (Lipinski definition) is 2. The van der Waals surface area contributed by atoms with E-state index >= 15 is 0 Å². The van der Waals surface area contributed by atoms with Crippen molar-refractivity contribution in [1.29, 1.82) is 0 Å². The van der Waals surface area contributed by atoms with Crippen LogP contribution in [0.2, 0.25) is 0 Å². The number of nitrogens with zero attached hydrogens (tertiary/aromatic N) is 1. The number of rotatable bonds is 4. The fourth-order valence-corrected chi connectivity index (χ4v) is 2.24. The molecule has 0 spiro atoms. The molecule has 0 radical (unpaired) electrons.